The smallest absolute Gasteiger partial charge is 0.251 e. The molecule has 0 aromatic heterocycles. The first-order valence-electron chi connectivity index (χ1n) is 7.72. The molecule has 1 fully saturated rings. The van der Waals surface area contributed by atoms with Crippen molar-refractivity contribution < 1.29 is 9.90 Å². The van der Waals surface area contributed by atoms with E-state index < -0.39 is 0 Å². The first-order chi connectivity index (χ1) is 10.2. The van der Waals surface area contributed by atoms with Crippen LogP contribution in [-0.4, -0.2) is 23.7 Å². The molecule has 1 aromatic carbocycles. The minimum Gasteiger partial charge on any atom is -0.395 e. The van der Waals surface area contributed by atoms with E-state index >= 15 is 0 Å². The van der Waals surface area contributed by atoms with Gasteiger partial charge >= 0.3 is 0 Å². The van der Waals surface area contributed by atoms with E-state index in [1.54, 1.807) is 0 Å². The Hall–Kier alpha value is -1.79. The maximum atomic E-state index is 12.4. The Bertz CT molecular complexity index is 548. The van der Waals surface area contributed by atoms with Gasteiger partial charge in [0.2, 0.25) is 0 Å². The summed E-state index contributed by atoms with van der Waals surface area (Å²) < 4.78 is 0. The first-order valence-corrected chi connectivity index (χ1v) is 7.72. The van der Waals surface area contributed by atoms with E-state index in [0.717, 1.165) is 24.0 Å². The number of carbonyl (C=O) groups excluding carboxylic acids is 1. The number of nitrogens with one attached hydrogen (secondary N) is 1. The Labute approximate surface area is 126 Å². The van der Waals surface area contributed by atoms with Crippen molar-refractivity contribution in [3.05, 3.63) is 34.9 Å². The summed E-state index contributed by atoms with van der Waals surface area (Å²) in [5.74, 6) is 5.87. The van der Waals surface area contributed by atoms with Crippen LogP contribution in [0, 0.1) is 18.8 Å². The molecule has 2 N–H and O–H groups in total. The standard InChI is InChI=1S/C18H23NO2/c1-14-10-11-15(7-5-6-12-20)13-17(14)18(21)19-16-8-3-2-4-9-16/h10-11,13,16,20H,2-4,6,8-9,12H2,1H3,(H,19,21). The average molecular weight is 285 g/mol. The van der Waals surface area contributed by atoms with Crippen molar-refractivity contribution in [2.24, 2.45) is 0 Å². The molecule has 0 unspecified atom stereocenters. The molecule has 0 saturated heterocycles. The van der Waals surface area contributed by atoms with Crippen LogP contribution >= 0.6 is 0 Å². The van der Waals surface area contributed by atoms with Gasteiger partial charge in [-0.3, -0.25) is 4.79 Å². The molecule has 0 heterocycles. The summed E-state index contributed by atoms with van der Waals surface area (Å²) in [5, 5.41) is 11.9. The lowest BCUT2D eigenvalue weighted by Crippen LogP contribution is -2.36. The molecule has 0 atom stereocenters. The molecule has 1 aromatic rings. The van der Waals surface area contributed by atoms with Crippen molar-refractivity contribution in [3.8, 4) is 11.8 Å². The van der Waals surface area contributed by atoms with Gasteiger partial charge in [-0.25, -0.2) is 0 Å². The SMILES string of the molecule is Cc1ccc(C#CCCO)cc1C(=O)NC1CCCCC1. The monoisotopic (exact) mass is 285 g/mol. The summed E-state index contributed by atoms with van der Waals surface area (Å²) in [6, 6.07) is 6.00. The lowest BCUT2D eigenvalue weighted by molar-refractivity contribution is 0.0927. The van der Waals surface area contributed by atoms with Crippen molar-refractivity contribution in [1.82, 2.24) is 5.32 Å². The first kappa shape index (κ1) is 15.6. The van der Waals surface area contributed by atoms with E-state index in [-0.39, 0.29) is 12.5 Å². The fourth-order valence-corrected chi connectivity index (χ4v) is 2.67. The van der Waals surface area contributed by atoms with Gasteiger partial charge in [0.1, 0.15) is 0 Å². The second-order valence-corrected chi connectivity index (χ2v) is 5.61. The molecule has 1 aliphatic rings. The van der Waals surface area contributed by atoms with Gasteiger partial charge in [-0.05, 0) is 37.5 Å². The van der Waals surface area contributed by atoms with Gasteiger partial charge in [0.05, 0.1) is 6.61 Å². The van der Waals surface area contributed by atoms with Crippen LogP contribution in [0.4, 0.5) is 0 Å². The van der Waals surface area contributed by atoms with Crippen LogP contribution in [0.15, 0.2) is 18.2 Å². The molecule has 3 heteroatoms. The van der Waals surface area contributed by atoms with Crippen LogP contribution in [0.1, 0.15) is 60.0 Å². The highest BCUT2D eigenvalue weighted by atomic mass is 16.2. The van der Waals surface area contributed by atoms with Crippen LogP contribution in [0.3, 0.4) is 0 Å². The summed E-state index contributed by atoms with van der Waals surface area (Å²) in [6.07, 6.45) is 6.31. The summed E-state index contributed by atoms with van der Waals surface area (Å²) >= 11 is 0. The fourth-order valence-electron chi connectivity index (χ4n) is 2.67. The number of aliphatic hydroxyl groups excluding tert-OH is 1. The van der Waals surface area contributed by atoms with Gasteiger partial charge in [-0.1, -0.05) is 37.2 Å². The van der Waals surface area contributed by atoms with Gasteiger partial charge in [0.25, 0.3) is 5.91 Å². The number of amides is 1. The Morgan fingerprint density at radius 1 is 1.33 bits per heavy atom. The van der Waals surface area contributed by atoms with Gasteiger partial charge in [0, 0.05) is 23.6 Å². The Balaban J connectivity index is 2.08. The topological polar surface area (TPSA) is 49.3 Å². The van der Waals surface area contributed by atoms with Crippen molar-refractivity contribution >= 4 is 5.91 Å². The zero-order valence-corrected chi connectivity index (χ0v) is 12.6. The van der Waals surface area contributed by atoms with Gasteiger partial charge in [0.15, 0.2) is 0 Å². The summed E-state index contributed by atoms with van der Waals surface area (Å²) in [7, 11) is 0. The molecule has 3 nitrogen and oxygen atoms in total. The van der Waals surface area contributed by atoms with Gasteiger partial charge in [-0.2, -0.15) is 0 Å². The molecule has 1 amide bonds. The molecule has 112 valence electrons. The molecule has 1 saturated carbocycles. The molecule has 21 heavy (non-hydrogen) atoms. The second kappa shape index (κ2) is 7.85. The predicted octanol–water partition coefficient (Wildman–Crippen LogP) is 2.79. The number of benzene rings is 1. The molecular weight excluding hydrogens is 262 g/mol. The van der Waals surface area contributed by atoms with Crippen molar-refractivity contribution in [2.45, 2.75) is 51.5 Å². The quantitative estimate of drug-likeness (QED) is 0.839. The van der Waals surface area contributed by atoms with Crippen LogP contribution in [0.2, 0.25) is 0 Å². The predicted molar refractivity (Wildman–Crippen MR) is 84.1 cm³/mol. The number of carbonyl (C=O) groups is 1. The van der Waals surface area contributed by atoms with Crippen molar-refractivity contribution in [1.29, 1.82) is 0 Å². The largest absolute Gasteiger partial charge is 0.395 e. The molecule has 1 aliphatic carbocycles. The van der Waals surface area contributed by atoms with Crippen LogP contribution < -0.4 is 5.32 Å². The highest BCUT2D eigenvalue weighted by Gasteiger charge is 2.17. The molecule has 0 aliphatic heterocycles. The van der Waals surface area contributed by atoms with Crippen LogP contribution in [0.25, 0.3) is 0 Å². The van der Waals surface area contributed by atoms with E-state index in [0.29, 0.717) is 18.0 Å². The lowest BCUT2D eigenvalue weighted by atomic mass is 9.95. The van der Waals surface area contributed by atoms with Crippen LogP contribution in [-0.2, 0) is 0 Å². The molecular formula is C18H23NO2. The Kier molecular flexibility index (Phi) is 5.83. The second-order valence-electron chi connectivity index (χ2n) is 5.61. The zero-order chi connectivity index (χ0) is 15.1. The highest BCUT2D eigenvalue weighted by molar-refractivity contribution is 5.96. The number of aliphatic hydroxyl groups is 1. The third kappa shape index (κ3) is 4.61. The van der Waals surface area contributed by atoms with E-state index in [4.69, 9.17) is 5.11 Å². The maximum Gasteiger partial charge on any atom is 0.251 e. The van der Waals surface area contributed by atoms with E-state index in [1.165, 1.54) is 19.3 Å². The third-order valence-electron chi connectivity index (χ3n) is 3.89. The summed E-state index contributed by atoms with van der Waals surface area (Å²) in [6.45, 7) is 2.01. The molecule has 0 bridgehead atoms. The zero-order valence-electron chi connectivity index (χ0n) is 12.6. The third-order valence-corrected chi connectivity index (χ3v) is 3.89. The minimum absolute atomic E-state index is 0.00482. The minimum atomic E-state index is 0.00482. The van der Waals surface area contributed by atoms with Crippen molar-refractivity contribution in [3.63, 3.8) is 0 Å². The van der Waals surface area contributed by atoms with Crippen LogP contribution in [0.5, 0.6) is 0 Å². The maximum absolute atomic E-state index is 12.4. The summed E-state index contributed by atoms with van der Waals surface area (Å²) in [4.78, 5) is 12.4. The van der Waals surface area contributed by atoms with Gasteiger partial charge < -0.3 is 10.4 Å². The van der Waals surface area contributed by atoms with E-state index in [1.807, 2.05) is 25.1 Å². The fraction of sp³-hybridized carbons (Fsp3) is 0.500. The molecule has 0 spiro atoms. The van der Waals surface area contributed by atoms with Crippen molar-refractivity contribution in [2.75, 3.05) is 6.61 Å². The Morgan fingerprint density at radius 3 is 2.81 bits per heavy atom. The highest BCUT2D eigenvalue weighted by Crippen LogP contribution is 2.18. The lowest BCUT2D eigenvalue weighted by Gasteiger charge is -2.23. The molecule has 2 rings (SSSR count). The summed E-state index contributed by atoms with van der Waals surface area (Å²) in [5.41, 5.74) is 2.50. The average Bonchev–Trinajstić information content (AvgIpc) is 2.50. The number of hydrogen-bond donors (Lipinski definition) is 2. The van der Waals surface area contributed by atoms with E-state index in [9.17, 15) is 4.79 Å². The number of hydrogen-bond acceptors (Lipinski definition) is 2. The molecule has 0 radical (unpaired) electrons. The van der Waals surface area contributed by atoms with E-state index in [2.05, 4.69) is 17.2 Å². The number of aryl methyl sites for hydroxylation is 1. The van der Waals surface area contributed by atoms with Gasteiger partial charge in [-0.15, -0.1) is 0 Å². The Morgan fingerprint density at radius 2 is 2.10 bits per heavy atom. The normalized spacial score (nSPS) is 15.1. The number of rotatable bonds is 3.